The van der Waals surface area contributed by atoms with Gasteiger partial charge in [-0.05, 0) is 37.1 Å². The number of amides is 1. The Morgan fingerprint density at radius 1 is 1.00 bits per heavy atom. The Kier molecular flexibility index (Phi) is 4.96. The molecule has 0 aliphatic carbocycles. The van der Waals surface area contributed by atoms with E-state index in [1.807, 2.05) is 30.3 Å². The predicted molar refractivity (Wildman–Crippen MR) is 98.4 cm³/mol. The van der Waals surface area contributed by atoms with Crippen LogP contribution in [0.1, 0.15) is 48.0 Å². The van der Waals surface area contributed by atoms with Crippen LogP contribution in [0.5, 0.6) is 0 Å². The summed E-state index contributed by atoms with van der Waals surface area (Å²) in [4.78, 5) is 14.7. The van der Waals surface area contributed by atoms with Crippen molar-refractivity contribution in [3.63, 3.8) is 0 Å². The Bertz CT molecular complexity index is 926. The molecule has 5 nitrogen and oxygen atoms in total. The maximum absolute atomic E-state index is 14.2. The molecule has 27 heavy (non-hydrogen) atoms. The first kappa shape index (κ1) is 17.4. The van der Waals surface area contributed by atoms with Gasteiger partial charge >= 0.3 is 0 Å². The smallest absolute Gasteiger partial charge is 0.257 e. The highest BCUT2D eigenvalue weighted by atomic mass is 19.1. The average Bonchev–Trinajstić information content (AvgIpc) is 3.06. The van der Waals surface area contributed by atoms with E-state index in [2.05, 4.69) is 10.2 Å². The van der Waals surface area contributed by atoms with E-state index in [0.29, 0.717) is 18.3 Å². The quantitative estimate of drug-likeness (QED) is 0.679. The number of benzene rings is 2. The molecular formula is C21H20FN3O2. The van der Waals surface area contributed by atoms with Crippen LogP contribution in [0.4, 0.5) is 4.39 Å². The van der Waals surface area contributed by atoms with Crippen LogP contribution in [0, 0.1) is 5.82 Å². The van der Waals surface area contributed by atoms with Crippen molar-refractivity contribution >= 4 is 5.91 Å². The molecule has 1 atom stereocenters. The third kappa shape index (κ3) is 3.60. The van der Waals surface area contributed by atoms with E-state index < -0.39 is 5.82 Å². The zero-order chi connectivity index (χ0) is 18.6. The van der Waals surface area contributed by atoms with Crippen molar-refractivity contribution in [1.82, 2.24) is 15.1 Å². The number of aromatic nitrogens is 2. The van der Waals surface area contributed by atoms with Crippen LogP contribution in [-0.2, 0) is 0 Å². The lowest BCUT2D eigenvalue weighted by atomic mass is 10.1. The lowest BCUT2D eigenvalue weighted by Crippen LogP contribution is -2.35. The highest BCUT2D eigenvalue weighted by Crippen LogP contribution is 2.32. The predicted octanol–water partition coefficient (Wildman–Crippen LogP) is 4.63. The van der Waals surface area contributed by atoms with Crippen LogP contribution < -0.4 is 0 Å². The number of hydrogen-bond donors (Lipinski definition) is 0. The monoisotopic (exact) mass is 365 g/mol. The van der Waals surface area contributed by atoms with Crippen LogP contribution >= 0.6 is 0 Å². The van der Waals surface area contributed by atoms with E-state index in [0.717, 1.165) is 31.2 Å². The summed E-state index contributed by atoms with van der Waals surface area (Å²) in [5.41, 5.74) is 0.907. The van der Waals surface area contributed by atoms with Crippen LogP contribution in [0.25, 0.3) is 11.5 Å². The summed E-state index contributed by atoms with van der Waals surface area (Å²) in [5.74, 6) is -0.0194. The van der Waals surface area contributed by atoms with Crippen LogP contribution in [-0.4, -0.2) is 27.5 Å². The van der Waals surface area contributed by atoms with Gasteiger partial charge in [-0.3, -0.25) is 4.79 Å². The van der Waals surface area contributed by atoms with Gasteiger partial charge < -0.3 is 9.32 Å². The number of rotatable bonds is 3. The molecule has 1 amide bonds. The van der Waals surface area contributed by atoms with Crippen LogP contribution in [0.3, 0.4) is 0 Å². The normalized spacial score (nSPS) is 17.5. The highest BCUT2D eigenvalue weighted by Gasteiger charge is 2.32. The molecule has 0 saturated carbocycles. The lowest BCUT2D eigenvalue weighted by Gasteiger charge is -2.27. The van der Waals surface area contributed by atoms with Crippen molar-refractivity contribution in [1.29, 1.82) is 0 Å². The molecule has 4 rings (SSSR count). The number of halogens is 1. The van der Waals surface area contributed by atoms with Gasteiger partial charge in [-0.1, -0.05) is 43.2 Å². The first-order chi connectivity index (χ1) is 13.2. The summed E-state index contributed by atoms with van der Waals surface area (Å²) < 4.78 is 20.1. The van der Waals surface area contributed by atoms with Crippen molar-refractivity contribution in [2.24, 2.45) is 0 Å². The number of carbonyl (C=O) groups excluding carboxylic acids is 1. The molecule has 1 aliphatic heterocycles. The molecule has 3 aromatic rings. The van der Waals surface area contributed by atoms with E-state index in [-0.39, 0.29) is 17.5 Å². The van der Waals surface area contributed by atoms with E-state index in [1.165, 1.54) is 12.1 Å². The first-order valence-electron chi connectivity index (χ1n) is 9.18. The van der Waals surface area contributed by atoms with Crippen molar-refractivity contribution < 1.29 is 13.6 Å². The minimum atomic E-state index is -0.513. The molecule has 2 aromatic carbocycles. The number of likely N-dealkylation sites (tertiary alicyclic amines) is 1. The zero-order valence-corrected chi connectivity index (χ0v) is 14.8. The van der Waals surface area contributed by atoms with E-state index in [1.54, 1.807) is 17.0 Å². The Balaban J connectivity index is 1.66. The standard InChI is InChI=1S/C21H20FN3O2/c22-17-12-7-6-11-16(17)21(26)25-14-8-2-5-13-18(25)20-24-23-19(27-20)15-9-3-1-4-10-15/h1,3-4,6-7,9-12,18H,2,5,8,13-14H2. The molecule has 138 valence electrons. The molecule has 2 heterocycles. The molecule has 0 bridgehead atoms. The average molecular weight is 365 g/mol. The minimum Gasteiger partial charge on any atom is -0.418 e. The van der Waals surface area contributed by atoms with Crippen molar-refractivity contribution in [3.05, 3.63) is 71.9 Å². The van der Waals surface area contributed by atoms with Gasteiger partial charge in [0.15, 0.2) is 0 Å². The third-order valence-corrected chi connectivity index (χ3v) is 4.86. The van der Waals surface area contributed by atoms with Gasteiger partial charge in [0.2, 0.25) is 11.8 Å². The van der Waals surface area contributed by atoms with Crippen LogP contribution in [0.2, 0.25) is 0 Å². The van der Waals surface area contributed by atoms with Crippen molar-refractivity contribution in [3.8, 4) is 11.5 Å². The number of carbonyl (C=O) groups is 1. The fraction of sp³-hybridized carbons (Fsp3) is 0.286. The molecule has 1 saturated heterocycles. The minimum absolute atomic E-state index is 0.0761. The van der Waals surface area contributed by atoms with Crippen molar-refractivity contribution in [2.45, 2.75) is 31.7 Å². The fourth-order valence-corrected chi connectivity index (χ4v) is 3.46. The SMILES string of the molecule is O=C(c1ccccc1F)N1CCCCCC1c1nnc(-c2ccccc2)o1. The summed E-state index contributed by atoms with van der Waals surface area (Å²) >= 11 is 0. The molecule has 0 radical (unpaired) electrons. The largest absolute Gasteiger partial charge is 0.418 e. The van der Waals surface area contributed by atoms with Gasteiger partial charge in [0, 0.05) is 12.1 Å². The Hall–Kier alpha value is -3.02. The maximum Gasteiger partial charge on any atom is 0.257 e. The summed E-state index contributed by atoms with van der Waals surface area (Å²) in [5, 5.41) is 8.35. The molecule has 0 spiro atoms. The number of hydrogen-bond acceptors (Lipinski definition) is 4. The molecule has 1 unspecified atom stereocenters. The van der Waals surface area contributed by atoms with Gasteiger partial charge in [0.1, 0.15) is 11.9 Å². The first-order valence-corrected chi connectivity index (χ1v) is 9.18. The van der Waals surface area contributed by atoms with Gasteiger partial charge in [-0.2, -0.15) is 0 Å². The summed E-state index contributed by atoms with van der Waals surface area (Å²) in [6.07, 6.45) is 3.55. The Morgan fingerprint density at radius 2 is 1.78 bits per heavy atom. The van der Waals surface area contributed by atoms with Gasteiger partial charge in [-0.15, -0.1) is 10.2 Å². The van der Waals surface area contributed by atoms with E-state index in [9.17, 15) is 9.18 Å². The summed E-state index contributed by atoms with van der Waals surface area (Å²) in [6, 6.07) is 15.2. The molecular weight excluding hydrogens is 345 g/mol. The topological polar surface area (TPSA) is 59.2 Å². The Labute approximate surface area is 156 Å². The lowest BCUT2D eigenvalue weighted by molar-refractivity contribution is 0.0648. The summed E-state index contributed by atoms with van der Waals surface area (Å²) in [7, 11) is 0. The Morgan fingerprint density at radius 3 is 2.59 bits per heavy atom. The zero-order valence-electron chi connectivity index (χ0n) is 14.8. The molecule has 6 heteroatoms. The van der Waals surface area contributed by atoms with E-state index in [4.69, 9.17) is 4.42 Å². The highest BCUT2D eigenvalue weighted by molar-refractivity contribution is 5.94. The molecule has 0 N–H and O–H groups in total. The van der Waals surface area contributed by atoms with Gasteiger partial charge in [-0.25, -0.2) is 4.39 Å². The third-order valence-electron chi connectivity index (χ3n) is 4.86. The molecule has 1 fully saturated rings. The van der Waals surface area contributed by atoms with Gasteiger partial charge in [0.25, 0.3) is 5.91 Å². The second-order valence-corrected chi connectivity index (χ2v) is 6.66. The second-order valence-electron chi connectivity index (χ2n) is 6.66. The van der Waals surface area contributed by atoms with Crippen LogP contribution in [0.15, 0.2) is 59.0 Å². The molecule has 1 aromatic heterocycles. The second kappa shape index (κ2) is 7.70. The summed E-state index contributed by atoms with van der Waals surface area (Å²) in [6.45, 7) is 0.543. The fourth-order valence-electron chi connectivity index (χ4n) is 3.46. The van der Waals surface area contributed by atoms with E-state index >= 15 is 0 Å². The maximum atomic E-state index is 14.2. The van der Waals surface area contributed by atoms with Gasteiger partial charge in [0.05, 0.1) is 5.56 Å². The number of nitrogens with zero attached hydrogens (tertiary/aromatic N) is 3. The molecule has 1 aliphatic rings. The van der Waals surface area contributed by atoms with Crippen molar-refractivity contribution in [2.75, 3.05) is 6.54 Å².